The van der Waals surface area contributed by atoms with Crippen LogP contribution in [0.5, 0.6) is 0 Å². The molecule has 49 heavy (non-hydrogen) atoms. The number of amides is 1. The second kappa shape index (κ2) is 30.3. The highest BCUT2D eigenvalue weighted by Gasteiger charge is 2.44. The molecule has 1 fully saturated rings. The standard InChI is InChI=1S/C39H73NO9/c1-3-5-7-9-11-13-15-17-19-21-23-25-27-32(42)31(30-48-39-37(46)36(45)35(44)34(29-41)49-39)40-38(47)33(43)28-26-24-22-20-18-16-14-12-10-8-6-4-2/h19,21,25,27,31-37,39,41-46H,3-18,20,22-24,26,28-30H2,1-2H3,(H,40,47)/b21-19+,27-25-/t31-,32-,33-,34-,35+,36-,37+,39-/m0/s1. The SMILES string of the molecule is CCCCCCCCC/C=C/C/C=C\[C@H](O)[C@H](CO[C@H]1O[C@@H](CO)[C@@H](O)[C@H](O)[C@H]1O)NC(=O)[C@@H](O)CCCCCCCCCCCCCC. The zero-order chi connectivity index (χ0) is 36.1. The van der Waals surface area contributed by atoms with Crippen LogP contribution in [0.15, 0.2) is 24.3 Å². The molecule has 0 bridgehead atoms. The van der Waals surface area contributed by atoms with Crippen molar-refractivity contribution in [1.29, 1.82) is 0 Å². The summed E-state index contributed by atoms with van der Waals surface area (Å²) in [7, 11) is 0. The fourth-order valence-corrected chi connectivity index (χ4v) is 6.08. The number of carbonyl (C=O) groups is 1. The number of hydrogen-bond donors (Lipinski definition) is 7. The van der Waals surface area contributed by atoms with Crippen molar-refractivity contribution in [3.63, 3.8) is 0 Å². The Morgan fingerprint density at radius 3 is 1.80 bits per heavy atom. The van der Waals surface area contributed by atoms with Gasteiger partial charge in [0, 0.05) is 0 Å². The molecular formula is C39H73NO9. The van der Waals surface area contributed by atoms with Gasteiger partial charge in [0.15, 0.2) is 6.29 Å². The highest BCUT2D eigenvalue weighted by atomic mass is 16.7. The Morgan fingerprint density at radius 1 is 0.714 bits per heavy atom. The number of allylic oxidation sites excluding steroid dienone is 3. The lowest BCUT2D eigenvalue weighted by atomic mass is 9.99. The number of hydrogen-bond acceptors (Lipinski definition) is 9. The first kappa shape index (κ1) is 45.7. The van der Waals surface area contributed by atoms with Gasteiger partial charge < -0.3 is 45.4 Å². The predicted octanol–water partition coefficient (Wildman–Crippen LogP) is 5.74. The molecular weight excluding hydrogens is 626 g/mol. The van der Waals surface area contributed by atoms with Crippen LogP contribution in [0.4, 0.5) is 0 Å². The Balaban J connectivity index is 2.55. The molecule has 0 radical (unpaired) electrons. The summed E-state index contributed by atoms with van der Waals surface area (Å²) in [6.45, 7) is 3.53. The van der Waals surface area contributed by atoms with Gasteiger partial charge in [-0.25, -0.2) is 0 Å². The van der Waals surface area contributed by atoms with E-state index < -0.39 is 61.5 Å². The minimum Gasteiger partial charge on any atom is -0.394 e. The third-order valence-electron chi connectivity index (χ3n) is 9.41. The Kier molecular flexibility index (Phi) is 28.2. The van der Waals surface area contributed by atoms with Crippen LogP contribution in [0.1, 0.15) is 155 Å². The van der Waals surface area contributed by atoms with Gasteiger partial charge in [0.05, 0.1) is 25.4 Å². The zero-order valence-electron chi connectivity index (χ0n) is 30.8. The molecule has 0 aromatic heterocycles. The first-order valence-corrected chi connectivity index (χ1v) is 19.7. The molecule has 0 aliphatic carbocycles. The van der Waals surface area contributed by atoms with Gasteiger partial charge in [0.2, 0.25) is 5.91 Å². The fourth-order valence-electron chi connectivity index (χ4n) is 6.08. The highest BCUT2D eigenvalue weighted by molar-refractivity contribution is 5.80. The smallest absolute Gasteiger partial charge is 0.249 e. The number of carbonyl (C=O) groups excluding carboxylic acids is 1. The van der Waals surface area contributed by atoms with Gasteiger partial charge in [0.25, 0.3) is 0 Å². The summed E-state index contributed by atoms with van der Waals surface area (Å²) >= 11 is 0. The molecule has 1 aliphatic heterocycles. The van der Waals surface area contributed by atoms with Gasteiger partial charge in [-0.2, -0.15) is 0 Å². The average molecular weight is 700 g/mol. The topological polar surface area (TPSA) is 169 Å². The maximum Gasteiger partial charge on any atom is 0.249 e. The molecule has 1 rings (SSSR count). The molecule has 10 heteroatoms. The molecule has 7 N–H and O–H groups in total. The number of unbranched alkanes of at least 4 members (excludes halogenated alkanes) is 18. The summed E-state index contributed by atoms with van der Waals surface area (Å²) in [4.78, 5) is 12.9. The predicted molar refractivity (Wildman–Crippen MR) is 195 cm³/mol. The van der Waals surface area contributed by atoms with E-state index in [4.69, 9.17) is 9.47 Å². The van der Waals surface area contributed by atoms with Gasteiger partial charge in [-0.3, -0.25) is 4.79 Å². The molecule has 0 unspecified atom stereocenters. The van der Waals surface area contributed by atoms with Crippen molar-refractivity contribution in [2.24, 2.45) is 0 Å². The van der Waals surface area contributed by atoms with E-state index in [0.29, 0.717) is 19.3 Å². The Morgan fingerprint density at radius 2 is 1.24 bits per heavy atom. The minimum absolute atomic E-state index is 0.305. The van der Waals surface area contributed by atoms with Crippen LogP contribution in [-0.2, 0) is 14.3 Å². The summed E-state index contributed by atoms with van der Waals surface area (Å²) in [5.74, 6) is -0.632. The van der Waals surface area contributed by atoms with E-state index in [-0.39, 0.29) is 6.61 Å². The van der Waals surface area contributed by atoms with Crippen molar-refractivity contribution in [3.8, 4) is 0 Å². The van der Waals surface area contributed by atoms with Gasteiger partial charge in [0.1, 0.15) is 30.5 Å². The van der Waals surface area contributed by atoms with Crippen molar-refractivity contribution in [2.75, 3.05) is 13.2 Å². The first-order chi connectivity index (χ1) is 23.8. The average Bonchev–Trinajstić information content (AvgIpc) is 3.10. The second-order valence-electron chi connectivity index (χ2n) is 13.9. The van der Waals surface area contributed by atoms with Crippen LogP contribution in [-0.4, -0.2) is 98.7 Å². The zero-order valence-corrected chi connectivity index (χ0v) is 30.8. The number of aliphatic hydroxyl groups excluding tert-OH is 6. The van der Waals surface area contributed by atoms with E-state index in [1.165, 1.54) is 89.9 Å². The largest absolute Gasteiger partial charge is 0.394 e. The van der Waals surface area contributed by atoms with E-state index in [1.54, 1.807) is 12.2 Å². The lowest BCUT2D eigenvalue weighted by Crippen LogP contribution is -2.60. The summed E-state index contributed by atoms with van der Waals surface area (Å²) in [6.07, 6.45) is 22.7. The van der Waals surface area contributed by atoms with Gasteiger partial charge in [-0.15, -0.1) is 0 Å². The molecule has 1 aliphatic rings. The monoisotopic (exact) mass is 700 g/mol. The number of aliphatic hydroxyl groups is 6. The maximum atomic E-state index is 12.9. The molecule has 0 aromatic carbocycles. The van der Waals surface area contributed by atoms with E-state index in [0.717, 1.165) is 32.1 Å². The fraction of sp³-hybridized carbons (Fsp3) is 0.872. The summed E-state index contributed by atoms with van der Waals surface area (Å²) in [5, 5.41) is 64.2. The lowest BCUT2D eigenvalue weighted by molar-refractivity contribution is -0.302. The van der Waals surface area contributed by atoms with Crippen molar-refractivity contribution in [1.82, 2.24) is 5.32 Å². The molecule has 0 aromatic rings. The van der Waals surface area contributed by atoms with E-state index in [2.05, 4.69) is 25.2 Å². The van der Waals surface area contributed by atoms with E-state index >= 15 is 0 Å². The summed E-state index contributed by atoms with van der Waals surface area (Å²) < 4.78 is 11.1. The number of rotatable bonds is 31. The Labute approximate surface area is 297 Å². The van der Waals surface area contributed by atoms with Crippen LogP contribution in [0.25, 0.3) is 0 Å². The van der Waals surface area contributed by atoms with Crippen LogP contribution < -0.4 is 5.32 Å². The summed E-state index contributed by atoms with van der Waals surface area (Å²) in [6, 6.07) is -0.996. The molecule has 1 amide bonds. The minimum atomic E-state index is -1.61. The molecule has 0 spiro atoms. The van der Waals surface area contributed by atoms with Gasteiger partial charge >= 0.3 is 0 Å². The first-order valence-electron chi connectivity index (χ1n) is 19.7. The van der Waals surface area contributed by atoms with E-state index in [9.17, 15) is 35.4 Å². The van der Waals surface area contributed by atoms with Crippen LogP contribution >= 0.6 is 0 Å². The van der Waals surface area contributed by atoms with Gasteiger partial charge in [-0.1, -0.05) is 154 Å². The van der Waals surface area contributed by atoms with Crippen molar-refractivity contribution in [3.05, 3.63) is 24.3 Å². The highest BCUT2D eigenvalue weighted by Crippen LogP contribution is 2.22. The van der Waals surface area contributed by atoms with E-state index in [1.807, 2.05) is 6.08 Å². The number of nitrogens with one attached hydrogen (secondary N) is 1. The molecule has 10 nitrogen and oxygen atoms in total. The molecule has 1 saturated heterocycles. The number of ether oxygens (including phenoxy) is 2. The molecule has 1 heterocycles. The van der Waals surface area contributed by atoms with Gasteiger partial charge in [-0.05, 0) is 25.7 Å². The maximum absolute atomic E-state index is 12.9. The Hall–Kier alpha value is -1.37. The van der Waals surface area contributed by atoms with Crippen molar-refractivity contribution in [2.45, 2.75) is 204 Å². The summed E-state index contributed by atoms with van der Waals surface area (Å²) in [5.41, 5.74) is 0. The molecule has 0 saturated carbocycles. The third kappa shape index (κ3) is 21.6. The van der Waals surface area contributed by atoms with Crippen molar-refractivity contribution < 1.29 is 44.9 Å². The third-order valence-corrected chi connectivity index (χ3v) is 9.41. The van der Waals surface area contributed by atoms with Crippen LogP contribution in [0.2, 0.25) is 0 Å². The normalized spacial score (nSPS) is 23.3. The Bertz CT molecular complexity index is 839. The van der Waals surface area contributed by atoms with Crippen LogP contribution in [0, 0.1) is 0 Å². The second-order valence-corrected chi connectivity index (χ2v) is 13.9. The lowest BCUT2D eigenvalue weighted by Gasteiger charge is -2.40. The van der Waals surface area contributed by atoms with Crippen LogP contribution in [0.3, 0.4) is 0 Å². The molecule has 288 valence electrons. The quantitative estimate of drug-likeness (QED) is 0.0352. The van der Waals surface area contributed by atoms with Crippen molar-refractivity contribution >= 4 is 5.91 Å². The molecule has 8 atom stereocenters.